The zero-order valence-electron chi connectivity index (χ0n) is 6.39. The third-order valence-electron chi connectivity index (χ3n) is 2.16. The molecule has 1 N–H and O–H groups in total. The third kappa shape index (κ3) is 0.897. The second-order valence-corrected chi connectivity index (χ2v) is 2.99. The molecular formula is C9H10FN. The highest BCUT2D eigenvalue weighted by atomic mass is 19.1. The molecule has 0 aliphatic carbocycles. The molecule has 0 radical (unpaired) electrons. The first-order valence-electron chi connectivity index (χ1n) is 3.81. The summed E-state index contributed by atoms with van der Waals surface area (Å²) in [6, 6.07) is 5.23. The van der Waals surface area contributed by atoms with Crippen molar-refractivity contribution in [1.82, 2.24) is 0 Å². The maximum Gasteiger partial charge on any atom is 0.146 e. The number of hydrogen-bond donors (Lipinski definition) is 1. The summed E-state index contributed by atoms with van der Waals surface area (Å²) in [6.45, 7) is 2.95. The van der Waals surface area contributed by atoms with Crippen LogP contribution >= 0.6 is 0 Å². The monoisotopic (exact) mass is 151 g/mol. The van der Waals surface area contributed by atoms with Gasteiger partial charge >= 0.3 is 0 Å². The van der Waals surface area contributed by atoms with Gasteiger partial charge in [0.05, 0.1) is 5.69 Å². The highest BCUT2D eigenvalue weighted by molar-refractivity contribution is 5.58. The Balaban J connectivity index is 2.57. The molecule has 0 fully saturated rings. The lowest BCUT2D eigenvalue weighted by molar-refractivity contribution is 0.631. The van der Waals surface area contributed by atoms with E-state index < -0.39 is 0 Å². The second-order valence-electron chi connectivity index (χ2n) is 2.99. The molecule has 0 saturated carbocycles. The first-order chi connectivity index (χ1) is 5.29. The van der Waals surface area contributed by atoms with Crippen LogP contribution in [0, 0.1) is 5.82 Å². The summed E-state index contributed by atoms with van der Waals surface area (Å²) in [5.41, 5.74) is 1.80. The Kier molecular flexibility index (Phi) is 1.34. The normalized spacial score (nSPS) is 21.1. The summed E-state index contributed by atoms with van der Waals surface area (Å²) in [5, 5.41) is 3.04. The molecule has 1 aliphatic heterocycles. The van der Waals surface area contributed by atoms with Gasteiger partial charge in [-0.25, -0.2) is 4.39 Å². The second kappa shape index (κ2) is 2.22. The molecule has 2 rings (SSSR count). The minimum Gasteiger partial charge on any atom is -0.382 e. The van der Waals surface area contributed by atoms with Gasteiger partial charge in [0, 0.05) is 12.5 Å². The van der Waals surface area contributed by atoms with Crippen molar-refractivity contribution in [2.75, 3.05) is 11.9 Å². The first-order valence-corrected chi connectivity index (χ1v) is 3.81. The van der Waals surface area contributed by atoms with Crippen molar-refractivity contribution in [3.05, 3.63) is 29.6 Å². The molecule has 2 heteroatoms. The average molecular weight is 151 g/mol. The number of benzene rings is 1. The molecule has 1 aromatic carbocycles. The van der Waals surface area contributed by atoms with Crippen molar-refractivity contribution >= 4 is 5.69 Å². The summed E-state index contributed by atoms with van der Waals surface area (Å²) < 4.78 is 13.0. The summed E-state index contributed by atoms with van der Waals surface area (Å²) in [6.07, 6.45) is 0. The molecule has 0 amide bonds. The van der Waals surface area contributed by atoms with E-state index in [9.17, 15) is 4.39 Å². The average Bonchev–Trinajstić information content (AvgIpc) is 2.35. The van der Waals surface area contributed by atoms with Crippen molar-refractivity contribution in [3.8, 4) is 0 Å². The van der Waals surface area contributed by atoms with E-state index in [1.54, 1.807) is 6.07 Å². The highest BCUT2D eigenvalue weighted by Gasteiger charge is 2.19. The van der Waals surface area contributed by atoms with Crippen LogP contribution in [0.5, 0.6) is 0 Å². The van der Waals surface area contributed by atoms with E-state index in [1.807, 2.05) is 6.07 Å². The molecule has 1 aliphatic rings. The Hall–Kier alpha value is -1.05. The lowest BCUT2D eigenvalue weighted by atomic mass is 10.0. The molecule has 1 nitrogen and oxygen atoms in total. The largest absolute Gasteiger partial charge is 0.382 e. The van der Waals surface area contributed by atoms with E-state index in [0.717, 1.165) is 12.1 Å². The van der Waals surface area contributed by atoms with E-state index in [4.69, 9.17) is 0 Å². The van der Waals surface area contributed by atoms with E-state index in [-0.39, 0.29) is 5.82 Å². The maximum atomic E-state index is 13.0. The molecule has 11 heavy (non-hydrogen) atoms. The SMILES string of the molecule is C[C@@H]1CNc2c(F)cccc21. The highest BCUT2D eigenvalue weighted by Crippen LogP contribution is 2.32. The van der Waals surface area contributed by atoms with E-state index in [0.29, 0.717) is 11.6 Å². The van der Waals surface area contributed by atoms with Gasteiger partial charge in [-0.15, -0.1) is 0 Å². The Morgan fingerprint density at radius 2 is 2.36 bits per heavy atom. The third-order valence-corrected chi connectivity index (χ3v) is 2.16. The van der Waals surface area contributed by atoms with E-state index in [2.05, 4.69) is 12.2 Å². The van der Waals surface area contributed by atoms with Crippen LogP contribution < -0.4 is 5.32 Å². The van der Waals surface area contributed by atoms with Crippen molar-refractivity contribution in [2.24, 2.45) is 0 Å². The smallest absolute Gasteiger partial charge is 0.146 e. The summed E-state index contributed by atoms with van der Waals surface area (Å²) >= 11 is 0. The van der Waals surface area contributed by atoms with Crippen LogP contribution in [-0.2, 0) is 0 Å². The van der Waals surface area contributed by atoms with Crippen molar-refractivity contribution in [1.29, 1.82) is 0 Å². The Labute approximate surface area is 65.2 Å². The Bertz CT molecular complexity index is 283. The van der Waals surface area contributed by atoms with E-state index in [1.165, 1.54) is 6.07 Å². The molecule has 0 aromatic heterocycles. The standard InChI is InChI=1S/C9H10FN/c1-6-5-11-9-7(6)3-2-4-8(9)10/h2-4,6,11H,5H2,1H3/t6-/m1/s1. The number of halogens is 1. The quantitative estimate of drug-likeness (QED) is 0.600. The molecule has 0 saturated heterocycles. The van der Waals surface area contributed by atoms with Crippen LogP contribution in [0.3, 0.4) is 0 Å². The number of para-hydroxylation sites is 1. The van der Waals surface area contributed by atoms with Crippen LogP contribution in [0.25, 0.3) is 0 Å². The number of fused-ring (bicyclic) bond motifs is 1. The van der Waals surface area contributed by atoms with Crippen molar-refractivity contribution < 1.29 is 4.39 Å². The predicted octanol–water partition coefficient (Wildman–Crippen LogP) is 2.35. The minimum atomic E-state index is -0.133. The van der Waals surface area contributed by atoms with Gasteiger partial charge in [0.2, 0.25) is 0 Å². The number of anilines is 1. The Morgan fingerprint density at radius 3 is 3.09 bits per heavy atom. The van der Waals surface area contributed by atoms with Crippen LogP contribution in [-0.4, -0.2) is 6.54 Å². The van der Waals surface area contributed by atoms with Crippen molar-refractivity contribution in [3.63, 3.8) is 0 Å². The van der Waals surface area contributed by atoms with Crippen LogP contribution in [0.2, 0.25) is 0 Å². The van der Waals surface area contributed by atoms with Crippen LogP contribution in [0.4, 0.5) is 10.1 Å². The molecule has 0 spiro atoms. The zero-order valence-corrected chi connectivity index (χ0v) is 6.39. The summed E-state index contributed by atoms with van der Waals surface area (Å²) in [7, 11) is 0. The van der Waals surface area contributed by atoms with Gasteiger partial charge in [-0.05, 0) is 11.6 Å². The lowest BCUT2D eigenvalue weighted by Gasteiger charge is -2.00. The van der Waals surface area contributed by atoms with Gasteiger partial charge in [0.15, 0.2) is 0 Å². The number of hydrogen-bond acceptors (Lipinski definition) is 1. The molecule has 1 aromatic rings. The summed E-state index contributed by atoms with van der Waals surface area (Å²) in [4.78, 5) is 0. The maximum absolute atomic E-state index is 13.0. The zero-order chi connectivity index (χ0) is 7.84. The molecule has 1 heterocycles. The number of nitrogens with one attached hydrogen (secondary N) is 1. The minimum absolute atomic E-state index is 0.133. The van der Waals surface area contributed by atoms with E-state index >= 15 is 0 Å². The molecule has 0 unspecified atom stereocenters. The number of rotatable bonds is 0. The van der Waals surface area contributed by atoms with Gasteiger partial charge < -0.3 is 5.32 Å². The van der Waals surface area contributed by atoms with Crippen LogP contribution in [0.1, 0.15) is 18.4 Å². The lowest BCUT2D eigenvalue weighted by Crippen LogP contribution is -1.96. The van der Waals surface area contributed by atoms with Gasteiger partial charge in [0.25, 0.3) is 0 Å². The van der Waals surface area contributed by atoms with Crippen LogP contribution in [0.15, 0.2) is 18.2 Å². The van der Waals surface area contributed by atoms with Gasteiger partial charge in [0.1, 0.15) is 5.82 Å². The molecule has 58 valence electrons. The molecule has 0 bridgehead atoms. The fourth-order valence-corrected chi connectivity index (χ4v) is 1.50. The van der Waals surface area contributed by atoms with Crippen molar-refractivity contribution in [2.45, 2.75) is 12.8 Å². The fraction of sp³-hybridized carbons (Fsp3) is 0.333. The topological polar surface area (TPSA) is 12.0 Å². The predicted molar refractivity (Wildman–Crippen MR) is 43.3 cm³/mol. The first kappa shape index (κ1) is 6.65. The molecule has 1 atom stereocenters. The van der Waals surface area contributed by atoms with Gasteiger partial charge in [-0.2, -0.15) is 0 Å². The Morgan fingerprint density at radius 1 is 1.55 bits per heavy atom. The summed E-state index contributed by atoms with van der Waals surface area (Å²) in [5.74, 6) is 0.313. The van der Waals surface area contributed by atoms with Gasteiger partial charge in [-0.3, -0.25) is 0 Å². The van der Waals surface area contributed by atoms with Gasteiger partial charge in [-0.1, -0.05) is 19.1 Å². The fourth-order valence-electron chi connectivity index (χ4n) is 1.50. The molecular weight excluding hydrogens is 141 g/mol.